The SMILES string of the molecule is COc1cc(-c2nc(C(F)(F)F)co2)ccc1OCCCOc1ccc2[nH]c(CC(=O)O)cc2c1. The molecule has 4 rings (SSSR count). The lowest BCUT2D eigenvalue weighted by Gasteiger charge is -2.12. The summed E-state index contributed by atoms with van der Waals surface area (Å²) in [7, 11) is 1.42. The predicted octanol–water partition coefficient (Wildman–Crippen LogP) is 5.33. The topological polar surface area (TPSA) is 107 Å². The Labute approximate surface area is 197 Å². The third kappa shape index (κ3) is 5.86. The molecule has 0 saturated heterocycles. The summed E-state index contributed by atoms with van der Waals surface area (Å²) in [6.45, 7) is 0.678. The Kier molecular flexibility index (Phi) is 6.85. The van der Waals surface area contributed by atoms with Crippen molar-refractivity contribution in [3.8, 4) is 28.7 Å². The third-order valence-electron chi connectivity index (χ3n) is 5.01. The molecule has 2 heterocycles. The standard InChI is InChI=1S/C24H21F3N2O6/c1-32-20-11-14(23-29-21(13-35-23)24(25,26)27)3-6-19(20)34-8-2-7-33-17-4-5-18-15(10-17)9-16(28-18)12-22(30)31/h3-6,9-11,13,28H,2,7-8,12H2,1H3,(H,30,31). The van der Waals surface area contributed by atoms with Crippen LogP contribution in [0.5, 0.6) is 17.2 Å². The van der Waals surface area contributed by atoms with Gasteiger partial charge in [-0.3, -0.25) is 4.79 Å². The fourth-order valence-electron chi connectivity index (χ4n) is 3.41. The lowest BCUT2D eigenvalue weighted by molar-refractivity contribution is -0.141. The molecule has 4 aromatic rings. The number of nitrogens with one attached hydrogen (secondary N) is 1. The summed E-state index contributed by atoms with van der Waals surface area (Å²) in [5.74, 6) is 0.297. The van der Waals surface area contributed by atoms with Crippen LogP contribution in [0.1, 0.15) is 17.8 Å². The number of aromatic amines is 1. The minimum absolute atomic E-state index is 0.0841. The summed E-state index contributed by atoms with van der Waals surface area (Å²) >= 11 is 0. The van der Waals surface area contributed by atoms with Crippen LogP contribution in [0.15, 0.2) is 53.1 Å². The first kappa shape index (κ1) is 24.0. The van der Waals surface area contributed by atoms with Gasteiger partial charge < -0.3 is 28.7 Å². The predicted molar refractivity (Wildman–Crippen MR) is 119 cm³/mol. The van der Waals surface area contributed by atoms with E-state index >= 15 is 0 Å². The molecule has 0 aliphatic heterocycles. The highest BCUT2D eigenvalue weighted by Crippen LogP contribution is 2.35. The van der Waals surface area contributed by atoms with Gasteiger partial charge in [0.2, 0.25) is 5.89 Å². The van der Waals surface area contributed by atoms with Crippen molar-refractivity contribution in [2.24, 2.45) is 0 Å². The largest absolute Gasteiger partial charge is 0.493 e. The number of ether oxygens (including phenoxy) is 3. The number of oxazole rings is 1. The number of aliphatic carboxylic acids is 1. The van der Waals surface area contributed by atoms with Crippen LogP contribution in [-0.4, -0.2) is 41.4 Å². The van der Waals surface area contributed by atoms with E-state index in [1.165, 1.54) is 19.2 Å². The van der Waals surface area contributed by atoms with Gasteiger partial charge >= 0.3 is 12.1 Å². The number of nitrogens with zero attached hydrogens (tertiary/aromatic N) is 1. The van der Waals surface area contributed by atoms with Gasteiger partial charge in [0.05, 0.1) is 26.7 Å². The lowest BCUT2D eigenvalue weighted by Crippen LogP contribution is -2.06. The highest BCUT2D eigenvalue weighted by Gasteiger charge is 2.35. The van der Waals surface area contributed by atoms with Crippen LogP contribution in [0.3, 0.4) is 0 Å². The van der Waals surface area contributed by atoms with Crippen LogP contribution in [0, 0.1) is 0 Å². The quantitative estimate of drug-likeness (QED) is 0.290. The molecule has 2 aromatic carbocycles. The minimum Gasteiger partial charge on any atom is -0.493 e. The molecule has 184 valence electrons. The number of carboxylic acid groups (broad SMARTS) is 1. The molecule has 0 fully saturated rings. The van der Waals surface area contributed by atoms with E-state index in [0.717, 1.165) is 10.9 Å². The third-order valence-corrected chi connectivity index (χ3v) is 5.01. The first-order valence-corrected chi connectivity index (χ1v) is 10.5. The van der Waals surface area contributed by atoms with E-state index in [0.29, 0.717) is 54.4 Å². The number of H-pyrrole nitrogens is 1. The number of fused-ring (bicyclic) bond motifs is 1. The van der Waals surface area contributed by atoms with Gasteiger partial charge in [-0.15, -0.1) is 0 Å². The molecule has 0 amide bonds. The second-order valence-corrected chi connectivity index (χ2v) is 7.57. The normalized spacial score (nSPS) is 11.5. The van der Waals surface area contributed by atoms with Crippen molar-refractivity contribution in [1.29, 1.82) is 0 Å². The summed E-state index contributed by atoms with van der Waals surface area (Å²) in [4.78, 5) is 17.4. The van der Waals surface area contributed by atoms with E-state index in [2.05, 4.69) is 9.97 Å². The van der Waals surface area contributed by atoms with Crippen molar-refractivity contribution < 1.29 is 41.7 Å². The number of aromatic nitrogens is 2. The average Bonchev–Trinajstić information content (AvgIpc) is 3.45. The maximum atomic E-state index is 12.7. The minimum atomic E-state index is -4.59. The van der Waals surface area contributed by atoms with E-state index in [9.17, 15) is 18.0 Å². The molecule has 0 aliphatic rings. The molecule has 11 heteroatoms. The molecule has 0 bridgehead atoms. The Bertz CT molecular complexity index is 1330. The first-order chi connectivity index (χ1) is 16.7. The molecule has 0 saturated carbocycles. The number of carbonyl (C=O) groups is 1. The second kappa shape index (κ2) is 10.00. The Morgan fingerprint density at radius 1 is 1.09 bits per heavy atom. The van der Waals surface area contributed by atoms with Crippen molar-refractivity contribution >= 4 is 16.9 Å². The summed E-state index contributed by atoms with van der Waals surface area (Å²) in [6, 6.07) is 11.8. The number of carboxylic acids is 1. The number of benzene rings is 2. The molecule has 0 radical (unpaired) electrons. The zero-order chi connectivity index (χ0) is 25.0. The summed E-state index contributed by atoms with van der Waals surface area (Å²) < 4.78 is 60.0. The zero-order valence-electron chi connectivity index (χ0n) is 18.5. The average molecular weight is 490 g/mol. The van der Waals surface area contributed by atoms with Crippen LogP contribution >= 0.6 is 0 Å². The molecular formula is C24H21F3N2O6. The van der Waals surface area contributed by atoms with Gasteiger partial charge in [0.25, 0.3) is 0 Å². The Hall–Kier alpha value is -4.15. The maximum Gasteiger partial charge on any atom is 0.436 e. The lowest BCUT2D eigenvalue weighted by atomic mass is 10.2. The van der Waals surface area contributed by atoms with E-state index < -0.39 is 17.8 Å². The van der Waals surface area contributed by atoms with Gasteiger partial charge in [-0.05, 0) is 42.5 Å². The van der Waals surface area contributed by atoms with Crippen LogP contribution in [0.25, 0.3) is 22.4 Å². The molecular weight excluding hydrogens is 469 g/mol. The van der Waals surface area contributed by atoms with Crippen LogP contribution in [0.2, 0.25) is 0 Å². The molecule has 0 spiro atoms. The number of rotatable bonds is 10. The van der Waals surface area contributed by atoms with Gasteiger partial charge in [0, 0.05) is 28.6 Å². The number of methoxy groups -OCH3 is 1. The van der Waals surface area contributed by atoms with Gasteiger partial charge in [-0.1, -0.05) is 0 Å². The molecule has 0 unspecified atom stereocenters. The van der Waals surface area contributed by atoms with Gasteiger partial charge in [0.15, 0.2) is 17.2 Å². The number of hydrogen-bond acceptors (Lipinski definition) is 6. The van der Waals surface area contributed by atoms with Gasteiger partial charge in [-0.2, -0.15) is 13.2 Å². The summed E-state index contributed by atoms with van der Waals surface area (Å²) in [6.07, 6.45) is -3.56. The summed E-state index contributed by atoms with van der Waals surface area (Å²) in [5.41, 5.74) is 0.649. The number of hydrogen-bond donors (Lipinski definition) is 2. The highest BCUT2D eigenvalue weighted by atomic mass is 19.4. The molecule has 0 atom stereocenters. The van der Waals surface area contributed by atoms with Crippen molar-refractivity contribution in [1.82, 2.24) is 9.97 Å². The van der Waals surface area contributed by atoms with Crippen molar-refractivity contribution in [2.45, 2.75) is 19.0 Å². The fourth-order valence-corrected chi connectivity index (χ4v) is 3.41. The monoisotopic (exact) mass is 490 g/mol. The highest BCUT2D eigenvalue weighted by molar-refractivity contribution is 5.83. The Morgan fingerprint density at radius 2 is 1.89 bits per heavy atom. The molecule has 0 aliphatic carbocycles. The number of alkyl halides is 3. The van der Waals surface area contributed by atoms with Crippen LogP contribution < -0.4 is 14.2 Å². The second-order valence-electron chi connectivity index (χ2n) is 7.57. The smallest absolute Gasteiger partial charge is 0.436 e. The number of halogens is 3. The van der Waals surface area contributed by atoms with Gasteiger partial charge in [0.1, 0.15) is 12.0 Å². The van der Waals surface area contributed by atoms with Crippen molar-refractivity contribution in [3.63, 3.8) is 0 Å². The molecule has 35 heavy (non-hydrogen) atoms. The van der Waals surface area contributed by atoms with Gasteiger partial charge in [-0.25, -0.2) is 4.98 Å². The molecule has 8 nitrogen and oxygen atoms in total. The van der Waals surface area contributed by atoms with Crippen molar-refractivity contribution in [3.05, 3.63) is 60.1 Å². The van der Waals surface area contributed by atoms with E-state index in [1.807, 2.05) is 12.1 Å². The molecule has 2 N–H and O–H groups in total. The van der Waals surface area contributed by atoms with E-state index in [1.54, 1.807) is 18.2 Å². The van der Waals surface area contributed by atoms with Crippen LogP contribution in [-0.2, 0) is 17.4 Å². The summed E-state index contributed by atoms with van der Waals surface area (Å²) in [5, 5.41) is 9.77. The van der Waals surface area contributed by atoms with E-state index in [4.69, 9.17) is 23.7 Å². The Balaban J connectivity index is 1.30. The first-order valence-electron chi connectivity index (χ1n) is 10.5. The van der Waals surface area contributed by atoms with E-state index in [-0.39, 0.29) is 12.3 Å². The van der Waals surface area contributed by atoms with Crippen LogP contribution in [0.4, 0.5) is 13.2 Å². The van der Waals surface area contributed by atoms with Crippen molar-refractivity contribution in [2.75, 3.05) is 20.3 Å². The molecule has 2 aromatic heterocycles. The zero-order valence-corrected chi connectivity index (χ0v) is 18.5. The fraction of sp³-hybridized carbons (Fsp3) is 0.250. The maximum absolute atomic E-state index is 12.7. The Morgan fingerprint density at radius 3 is 2.60 bits per heavy atom.